The van der Waals surface area contributed by atoms with Gasteiger partial charge in [0.1, 0.15) is 5.56 Å². The van der Waals surface area contributed by atoms with Crippen LogP contribution in [0.25, 0.3) is 11.3 Å². The summed E-state index contributed by atoms with van der Waals surface area (Å²) in [4.78, 5) is 7.91. The summed E-state index contributed by atoms with van der Waals surface area (Å²) in [6.45, 7) is 3.20. The summed E-state index contributed by atoms with van der Waals surface area (Å²) in [6, 6.07) is 5.74. The van der Waals surface area contributed by atoms with Crippen molar-refractivity contribution in [2.45, 2.75) is 37.1 Å². The molecule has 30 heavy (non-hydrogen) atoms. The van der Waals surface area contributed by atoms with Gasteiger partial charge in [-0.3, -0.25) is 4.68 Å². The molecule has 2 heterocycles. The first kappa shape index (κ1) is 21.9. The number of aromatic nitrogens is 4. The topological polar surface area (TPSA) is 113 Å². The zero-order chi connectivity index (χ0) is 22.1. The third-order valence-electron chi connectivity index (χ3n) is 3.86. The second-order valence-corrected chi connectivity index (χ2v) is 8.06. The highest BCUT2D eigenvalue weighted by atomic mass is 32.2. The number of alkyl halides is 3. The van der Waals surface area contributed by atoms with E-state index in [-0.39, 0.29) is 28.6 Å². The van der Waals surface area contributed by atoms with Crippen LogP contribution in [0.4, 0.5) is 24.8 Å². The minimum atomic E-state index is -4.68. The van der Waals surface area contributed by atoms with Crippen LogP contribution in [-0.2, 0) is 23.8 Å². The lowest BCUT2D eigenvalue weighted by Crippen LogP contribution is -2.26. The standard InChI is InChI=1S/C18H18F3N5O3S/c1-17(2,27)10-26-9-11(7-23-26)15-14(18(19,20)21)8-22-16(25-15)24-12-3-5-13(6-4-12)30(28)29/h3-9,27H,10H2,1-2H3,(H,28,29)(H,22,24,25). The first-order valence-electron chi connectivity index (χ1n) is 8.60. The smallest absolute Gasteiger partial charge is 0.389 e. The van der Waals surface area contributed by atoms with Crippen molar-refractivity contribution in [3.05, 3.63) is 48.4 Å². The zero-order valence-corrected chi connectivity index (χ0v) is 16.7. The Bertz CT molecular complexity index is 1060. The van der Waals surface area contributed by atoms with Crippen LogP contribution in [0, 0.1) is 0 Å². The normalized spacial score (nSPS) is 13.3. The molecule has 160 valence electrons. The number of hydrogen-bond acceptors (Lipinski definition) is 6. The summed E-state index contributed by atoms with van der Waals surface area (Å²) >= 11 is -2.14. The number of aliphatic hydroxyl groups is 1. The third-order valence-corrected chi connectivity index (χ3v) is 4.54. The number of hydrogen-bond donors (Lipinski definition) is 3. The van der Waals surface area contributed by atoms with Gasteiger partial charge in [0, 0.05) is 23.6 Å². The molecule has 0 saturated heterocycles. The second kappa shape index (κ2) is 8.13. The number of anilines is 2. The Morgan fingerprint density at radius 1 is 1.17 bits per heavy atom. The van der Waals surface area contributed by atoms with Gasteiger partial charge in [0.2, 0.25) is 5.95 Å². The Morgan fingerprint density at radius 3 is 2.40 bits per heavy atom. The summed E-state index contributed by atoms with van der Waals surface area (Å²) in [6.07, 6.45) is -1.41. The summed E-state index contributed by atoms with van der Waals surface area (Å²) in [5, 5.41) is 16.6. The van der Waals surface area contributed by atoms with Crippen LogP contribution in [-0.4, -0.2) is 39.2 Å². The van der Waals surface area contributed by atoms with Crippen molar-refractivity contribution in [1.29, 1.82) is 0 Å². The second-order valence-electron chi connectivity index (χ2n) is 7.09. The molecular weight excluding hydrogens is 423 g/mol. The average molecular weight is 441 g/mol. The van der Waals surface area contributed by atoms with Crippen LogP contribution in [0.2, 0.25) is 0 Å². The van der Waals surface area contributed by atoms with Gasteiger partial charge in [-0.15, -0.1) is 0 Å². The van der Waals surface area contributed by atoms with Crippen molar-refractivity contribution in [1.82, 2.24) is 19.7 Å². The van der Waals surface area contributed by atoms with Crippen molar-refractivity contribution >= 4 is 22.7 Å². The van der Waals surface area contributed by atoms with E-state index in [0.29, 0.717) is 11.9 Å². The molecule has 3 N–H and O–H groups in total. The van der Waals surface area contributed by atoms with Gasteiger partial charge in [-0.25, -0.2) is 14.2 Å². The predicted molar refractivity (Wildman–Crippen MR) is 103 cm³/mol. The Balaban J connectivity index is 1.95. The van der Waals surface area contributed by atoms with Gasteiger partial charge in [0.25, 0.3) is 0 Å². The average Bonchev–Trinajstić information content (AvgIpc) is 3.07. The highest BCUT2D eigenvalue weighted by molar-refractivity contribution is 7.79. The number of halogens is 3. The number of nitrogens with zero attached hydrogens (tertiary/aromatic N) is 4. The molecule has 3 aromatic rings. The predicted octanol–water partition coefficient (Wildman–Crippen LogP) is 3.45. The van der Waals surface area contributed by atoms with Gasteiger partial charge in [-0.1, -0.05) is 0 Å². The van der Waals surface area contributed by atoms with Gasteiger partial charge < -0.3 is 15.0 Å². The SMILES string of the molecule is CC(C)(O)Cn1cc(-c2nc(Nc3ccc(S(=O)O)cc3)ncc2C(F)(F)F)cn1. The third kappa shape index (κ3) is 5.40. The number of rotatable bonds is 6. The van der Waals surface area contributed by atoms with E-state index in [2.05, 4.69) is 20.4 Å². The molecule has 12 heteroatoms. The molecule has 0 bridgehead atoms. The molecule has 1 aromatic carbocycles. The monoisotopic (exact) mass is 441 g/mol. The molecule has 0 aliphatic heterocycles. The minimum absolute atomic E-state index is 0.0864. The van der Waals surface area contributed by atoms with Gasteiger partial charge in [0.05, 0.1) is 28.9 Å². The van der Waals surface area contributed by atoms with E-state index in [4.69, 9.17) is 4.55 Å². The van der Waals surface area contributed by atoms with Crippen LogP contribution in [0.3, 0.4) is 0 Å². The van der Waals surface area contributed by atoms with E-state index >= 15 is 0 Å². The van der Waals surface area contributed by atoms with Crippen molar-refractivity contribution in [3.8, 4) is 11.3 Å². The molecule has 0 radical (unpaired) electrons. The summed E-state index contributed by atoms with van der Waals surface area (Å²) in [5.41, 5.74) is -1.95. The van der Waals surface area contributed by atoms with Crippen LogP contribution in [0.15, 0.2) is 47.8 Å². The van der Waals surface area contributed by atoms with E-state index in [1.807, 2.05) is 0 Å². The highest BCUT2D eigenvalue weighted by Gasteiger charge is 2.36. The maximum atomic E-state index is 13.5. The molecule has 0 spiro atoms. The van der Waals surface area contributed by atoms with Crippen LogP contribution < -0.4 is 5.32 Å². The van der Waals surface area contributed by atoms with Gasteiger partial charge in [0.15, 0.2) is 11.1 Å². The Labute approximate surface area is 172 Å². The first-order valence-corrected chi connectivity index (χ1v) is 9.70. The van der Waals surface area contributed by atoms with Crippen molar-refractivity contribution in [2.75, 3.05) is 5.32 Å². The Hall–Kier alpha value is -2.83. The maximum Gasteiger partial charge on any atom is 0.419 e. The quantitative estimate of drug-likeness (QED) is 0.502. The molecule has 3 rings (SSSR count). The summed E-state index contributed by atoms with van der Waals surface area (Å²) in [5.74, 6) is -0.0916. The van der Waals surface area contributed by atoms with E-state index < -0.39 is 28.4 Å². The maximum absolute atomic E-state index is 13.5. The van der Waals surface area contributed by atoms with E-state index in [0.717, 1.165) is 0 Å². The number of nitrogens with one attached hydrogen (secondary N) is 1. The molecule has 0 aliphatic carbocycles. The van der Waals surface area contributed by atoms with Crippen LogP contribution >= 0.6 is 0 Å². The Kier molecular flexibility index (Phi) is 5.92. The van der Waals surface area contributed by atoms with Crippen molar-refractivity contribution in [2.24, 2.45) is 0 Å². The van der Waals surface area contributed by atoms with Crippen LogP contribution in [0.1, 0.15) is 19.4 Å². The first-order chi connectivity index (χ1) is 13.9. The lowest BCUT2D eigenvalue weighted by molar-refractivity contribution is -0.137. The molecule has 8 nitrogen and oxygen atoms in total. The van der Waals surface area contributed by atoms with E-state index in [1.54, 1.807) is 13.8 Å². The van der Waals surface area contributed by atoms with Gasteiger partial charge >= 0.3 is 6.18 Å². The lowest BCUT2D eigenvalue weighted by atomic mass is 10.1. The fraction of sp³-hybridized carbons (Fsp3) is 0.278. The zero-order valence-electron chi connectivity index (χ0n) is 15.9. The molecule has 0 saturated carbocycles. The van der Waals surface area contributed by atoms with Gasteiger partial charge in [-0.05, 0) is 38.1 Å². The van der Waals surface area contributed by atoms with Crippen LogP contribution in [0.5, 0.6) is 0 Å². The summed E-state index contributed by atoms with van der Waals surface area (Å²) < 4.78 is 61.8. The Morgan fingerprint density at radius 2 is 1.83 bits per heavy atom. The molecule has 0 aliphatic rings. The largest absolute Gasteiger partial charge is 0.419 e. The minimum Gasteiger partial charge on any atom is -0.389 e. The molecule has 1 unspecified atom stereocenters. The van der Waals surface area contributed by atoms with E-state index in [9.17, 15) is 22.5 Å². The number of benzene rings is 1. The van der Waals surface area contributed by atoms with Gasteiger partial charge in [-0.2, -0.15) is 18.3 Å². The molecule has 2 aromatic heterocycles. The fourth-order valence-electron chi connectivity index (χ4n) is 2.62. The highest BCUT2D eigenvalue weighted by Crippen LogP contribution is 2.36. The van der Waals surface area contributed by atoms with Crippen molar-refractivity contribution in [3.63, 3.8) is 0 Å². The molecular formula is C18H18F3N5O3S. The fourth-order valence-corrected chi connectivity index (χ4v) is 2.99. The molecule has 0 amide bonds. The van der Waals surface area contributed by atoms with Crippen molar-refractivity contribution < 1.29 is 27.0 Å². The molecule has 1 atom stereocenters. The lowest BCUT2D eigenvalue weighted by Gasteiger charge is -2.16. The molecule has 0 fully saturated rings. The summed E-state index contributed by atoms with van der Waals surface area (Å²) in [7, 11) is 0. The van der Waals surface area contributed by atoms with E-state index in [1.165, 1.54) is 41.3 Å².